The fourth-order valence-corrected chi connectivity index (χ4v) is 3.35. The summed E-state index contributed by atoms with van der Waals surface area (Å²) in [6.07, 6.45) is 3.10. The van der Waals surface area contributed by atoms with Gasteiger partial charge >= 0.3 is 0 Å². The molecule has 2 aromatic rings. The lowest BCUT2D eigenvalue weighted by molar-refractivity contribution is 0.0752. The third-order valence-electron chi connectivity index (χ3n) is 4.57. The summed E-state index contributed by atoms with van der Waals surface area (Å²) in [7, 11) is 0. The van der Waals surface area contributed by atoms with Crippen LogP contribution in [0.3, 0.4) is 0 Å². The Bertz CT molecular complexity index is 690. The van der Waals surface area contributed by atoms with Gasteiger partial charge < -0.3 is 9.32 Å². The molecule has 122 valence electrons. The molecule has 0 aliphatic carbocycles. The second kappa shape index (κ2) is 6.57. The summed E-state index contributed by atoms with van der Waals surface area (Å²) in [5.41, 5.74) is 1.76. The van der Waals surface area contributed by atoms with E-state index < -0.39 is 0 Å². The molecule has 0 N–H and O–H groups in total. The van der Waals surface area contributed by atoms with Gasteiger partial charge in [-0.25, -0.2) is 4.39 Å². The summed E-state index contributed by atoms with van der Waals surface area (Å²) in [5.74, 6) is 1.51. The number of halogens is 1. The maximum absolute atomic E-state index is 13.1. The van der Waals surface area contributed by atoms with Crippen molar-refractivity contribution < 1.29 is 13.6 Å². The minimum Gasteiger partial charge on any atom is -0.466 e. The zero-order valence-corrected chi connectivity index (χ0v) is 13.6. The van der Waals surface area contributed by atoms with Crippen molar-refractivity contribution in [1.82, 2.24) is 4.90 Å². The minimum atomic E-state index is -0.222. The van der Waals surface area contributed by atoms with Crippen LogP contribution >= 0.6 is 0 Å². The Morgan fingerprint density at radius 3 is 2.61 bits per heavy atom. The number of furan rings is 1. The highest BCUT2D eigenvalue weighted by Crippen LogP contribution is 2.28. The normalized spacial score (nSPS) is 18.7. The Labute approximate surface area is 136 Å². The predicted octanol–water partition coefficient (Wildman–Crippen LogP) is 4.45. The topological polar surface area (TPSA) is 33.5 Å². The standard InChI is InChI=1S/C19H22FNO2/c1-13-11-18(14(2)23-13)19(22)21-10-4-3-5-16(12-21)15-6-8-17(20)9-7-15/h6-9,11,16H,3-5,10,12H2,1-2H3. The van der Waals surface area contributed by atoms with Crippen LogP contribution in [-0.4, -0.2) is 23.9 Å². The lowest BCUT2D eigenvalue weighted by Gasteiger charge is -2.24. The summed E-state index contributed by atoms with van der Waals surface area (Å²) in [6, 6.07) is 8.48. The number of likely N-dealkylation sites (tertiary alicyclic amines) is 1. The highest BCUT2D eigenvalue weighted by molar-refractivity contribution is 5.95. The maximum Gasteiger partial charge on any atom is 0.257 e. The van der Waals surface area contributed by atoms with E-state index in [2.05, 4.69) is 0 Å². The summed E-state index contributed by atoms with van der Waals surface area (Å²) in [5, 5.41) is 0. The van der Waals surface area contributed by atoms with Crippen LogP contribution in [0.15, 0.2) is 34.7 Å². The Hall–Kier alpha value is -2.10. The molecule has 1 amide bonds. The van der Waals surface area contributed by atoms with Crippen molar-refractivity contribution in [2.75, 3.05) is 13.1 Å². The number of carbonyl (C=O) groups excluding carboxylic acids is 1. The number of amides is 1. The van der Waals surface area contributed by atoms with Crippen LogP contribution in [0.5, 0.6) is 0 Å². The van der Waals surface area contributed by atoms with Gasteiger partial charge in [-0.2, -0.15) is 0 Å². The number of aryl methyl sites for hydroxylation is 2. The number of carbonyl (C=O) groups is 1. The number of benzene rings is 1. The molecule has 1 fully saturated rings. The molecule has 1 aromatic carbocycles. The average Bonchev–Trinajstić information content (AvgIpc) is 2.74. The second-order valence-electron chi connectivity index (χ2n) is 6.32. The van der Waals surface area contributed by atoms with Gasteiger partial charge in [-0.05, 0) is 50.5 Å². The van der Waals surface area contributed by atoms with Gasteiger partial charge in [0.1, 0.15) is 17.3 Å². The van der Waals surface area contributed by atoms with Crippen molar-refractivity contribution in [3.63, 3.8) is 0 Å². The van der Waals surface area contributed by atoms with Crippen molar-refractivity contribution in [2.24, 2.45) is 0 Å². The van der Waals surface area contributed by atoms with E-state index in [0.717, 1.165) is 37.1 Å². The van der Waals surface area contributed by atoms with E-state index in [4.69, 9.17) is 4.42 Å². The Kier molecular flexibility index (Phi) is 4.51. The lowest BCUT2D eigenvalue weighted by Crippen LogP contribution is -2.34. The Balaban J connectivity index is 1.80. The van der Waals surface area contributed by atoms with E-state index in [1.54, 1.807) is 0 Å². The van der Waals surface area contributed by atoms with Crippen LogP contribution in [0.25, 0.3) is 0 Å². The first-order chi connectivity index (χ1) is 11.0. The quantitative estimate of drug-likeness (QED) is 0.820. The summed E-state index contributed by atoms with van der Waals surface area (Å²) in [6.45, 7) is 5.12. The Morgan fingerprint density at radius 2 is 1.96 bits per heavy atom. The van der Waals surface area contributed by atoms with Gasteiger partial charge in [0.25, 0.3) is 5.91 Å². The van der Waals surface area contributed by atoms with Gasteiger partial charge in [0.2, 0.25) is 0 Å². The van der Waals surface area contributed by atoms with E-state index in [1.165, 1.54) is 12.1 Å². The molecule has 1 atom stereocenters. The molecular weight excluding hydrogens is 293 g/mol. The van der Waals surface area contributed by atoms with Crippen molar-refractivity contribution >= 4 is 5.91 Å². The molecule has 2 heterocycles. The molecular formula is C19H22FNO2. The largest absolute Gasteiger partial charge is 0.466 e. The minimum absolute atomic E-state index is 0.0355. The zero-order valence-electron chi connectivity index (χ0n) is 13.6. The number of hydrogen-bond acceptors (Lipinski definition) is 2. The van der Waals surface area contributed by atoms with Crippen LogP contribution in [-0.2, 0) is 0 Å². The van der Waals surface area contributed by atoms with Gasteiger partial charge in [0.05, 0.1) is 5.56 Å². The smallest absolute Gasteiger partial charge is 0.257 e. The molecule has 3 rings (SSSR count). The molecule has 0 spiro atoms. The highest BCUT2D eigenvalue weighted by atomic mass is 19.1. The van der Waals surface area contributed by atoms with E-state index in [1.807, 2.05) is 36.9 Å². The molecule has 1 aliphatic heterocycles. The average molecular weight is 315 g/mol. The molecule has 1 saturated heterocycles. The van der Waals surface area contributed by atoms with Gasteiger partial charge in [0.15, 0.2) is 0 Å². The van der Waals surface area contributed by atoms with E-state index >= 15 is 0 Å². The number of nitrogens with zero attached hydrogens (tertiary/aromatic N) is 1. The zero-order chi connectivity index (χ0) is 16.4. The molecule has 1 aromatic heterocycles. The molecule has 1 aliphatic rings. The first-order valence-corrected chi connectivity index (χ1v) is 8.16. The molecule has 23 heavy (non-hydrogen) atoms. The Morgan fingerprint density at radius 1 is 1.22 bits per heavy atom. The molecule has 4 heteroatoms. The molecule has 0 radical (unpaired) electrons. The first-order valence-electron chi connectivity index (χ1n) is 8.16. The predicted molar refractivity (Wildman–Crippen MR) is 87.1 cm³/mol. The van der Waals surface area contributed by atoms with Crippen LogP contribution < -0.4 is 0 Å². The molecule has 1 unspecified atom stereocenters. The van der Waals surface area contributed by atoms with Crippen molar-refractivity contribution in [3.8, 4) is 0 Å². The van der Waals surface area contributed by atoms with Crippen LogP contribution in [0.2, 0.25) is 0 Å². The molecule has 0 saturated carbocycles. The van der Waals surface area contributed by atoms with Gasteiger partial charge in [-0.3, -0.25) is 4.79 Å². The van der Waals surface area contributed by atoms with Crippen LogP contribution in [0, 0.1) is 19.7 Å². The van der Waals surface area contributed by atoms with E-state index in [-0.39, 0.29) is 17.6 Å². The van der Waals surface area contributed by atoms with Gasteiger partial charge in [-0.15, -0.1) is 0 Å². The van der Waals surface area contributed by atoms with Crippen LogP contribution in [0.4, 0.5) is 4.39 Å². The lowest BCUT2D eigenvalue weighted by atomic mass is 9.94. The van der Waals surface area contributed by atoms with Crippen LogP contribution in [0.1, 0.15) is 52.6 Å². The van der Waals surface area contributed by atoms with Crippen molar-refractivity contribution in [1.29, 1.82) is 0 Å². The third kappa shape index (κ3) is 3.46. The van der Waals surface area contributed by atoms with Crippen molar-refractivity contribution in [2.45, 2.75) is 39.0 Å². The molecule has 0 bridgehead atoms. The van der Waals surface area contributed by atoms with Gasteiger partial charge in [-0.1, -0.05) is 18.6 Å². The van der Waals surface area contributed by atoms with E-state index in [9.17, 15) is 9.18 Å². The first kappa shape index (κ1) is 15.8. The summed E-state index contributed by atoms with van der Waals surface area (Å²) < 4.78 is 18.6. The summed E-state index contributed by atoms with van der Waals surface area (Å²) in [4.78, 5) is 14.7. The third-order valence-corrected chi connectivity index (χ3v) is 4.57. The second-order valence-corrected chi connectivity index (χ2v) is 6.32. The van der Waals surface area contributed by atoms with Gasteiger partial charge in [0, 0.05) is 19.0 Å². The number of hydrogen-bond donors (Lipinski definition) is 0. The van der Waals surface area contributed by atoms with E-state index in [0.29, 0.717) is 17.9 Å². The van der Waals surface area contributed by atoms with Crippen molar-refractivity contribution in [3.05, 3.63) is 58.8 Å². The molecule has 3 nitrogen and oxygen atoms in total. The fourth-order valence-electron chi connectivity index (χ4n) is 3.35. The number of rotatable bonds is 2. The SMILES string of the molecule is Cc1cc(C(=O)N2CCCCC(c3ccc(F)cc3)C2)c(C)o1. The fraction of sp³-hybridized carbons (Fsp3) is 0.421. The maximum atomic E-state index is 13.1. The monoisotopic (exact) mass is 315 g/mol. The summed E-state index contributed by atoms with van der Waals surface area (Å²) >= 11 is 0. The highest BCUT2D eigenvalue weighted by Gasteiger charge is 2.26.